The standard InChI is InChI=1S/C11H14ClNS/c12-10-4-5-14-11(10)7-8-2-1-3-9(13)6-8/h4-5,7,9H,1-3,6,13H2/b8-7-. The molecule has 0 spiro atoms. The molecular weight excluding hydrogens is 214 g/mol. The topological polar surface area (TPSA) is 26.0 Å². The molecule has 14 heavy (non-hydrogen) atoms. The highest BCUT2D eigenvalue weighted by Gasteiger charge is 2.13. The lowest BCUT2D eigenvalue weighted by molar-refractivity contribution is 0.520. The van der Waals surface area contributed by atoms with Crippen LogP contribution in [-0.2, 0) is 0 Å². The van der Waals surface area contributed by atoms with Crippen molar-refractivity contribution in [3.8, 4) is 0 Å². The highest BCUT2D eigenvalue weighted by Crippen LogP contribution is 2.29. The van der Waals surface area contributed by atoms with Gasteiger partial charge in [0.2, 0.25) is 0 Å². The van der Waals surface area contributed by atoms with Gasteiger partial charge in [-0.2, -0.15) is 0 Å². The first kappa shape index (κ1) is 10.2. The van der Waals surface area contributed by atoms with Gasteiger partial charge in [-0.3, -0.25) is 0 Å². The number of hydrogen-bond donors (Lipinski definition) is 1. The Bertz CT molecular complexity index is 343. The Balaban J connectivity index is 2.14. The van der Waals surface area contributed by atoms with E-state index in [1.165, 1.54) is 23.3 Å². The van der Waals surface area contributed by atoms with Crippen molar-refractivity contribution in [3.05, 3.63) is 26.9 Å². The lowest BCUT2D eigenvalue weighted by Crippen LogP contribution is -2.23. The zero-order valence-electron chi connectivity index (χ0n) is 8.00. The molecule has 0 saturated heterocycles. The molecule has 1 nitrogen and oxygen atoms in total. The van der Waals surface area contributed by atoms with E-state index in [-0.39, 0.29) is 0 Å². The molecule has 0 bridgehead atoms. The summed E-state index contributed by atoms with van der Waals surface area (Å²) in [4.78, 5) is 1.18. The van der Waals surface area contributed by atoms with E-state index in [1.54, 1.807) is 11.3 Å². The minimum absolute atomic E-state index is 0.355. The van der Waals surface area contributed by atoms with Crippen LogP contribution >= 0.6 is 22.9 Å². The van der Waals surface area contributed by atoms with Gasteiger partial charge in [0.15, 0.2) is 0 Å². The highest BCUT2D eigenvalue weighted by atomic mass is 35.5. The molecule has 2 rings (SSSR count). The Morgan fingerprint density at radius 1 is 1.57 bits per heavy atom. The second kappa shape index (κ2) is 4.47. The molecule has 1 aromatic rings. The van der Waals surface area contributed by atoms with Crippen molar-refractivity contribution in [3.63, 3.8) is 0 Å². The molecule has 76 valence electrons. The molecule has 1 aliphatic rings. The zero-order chi connectivity index (χ0) is 9.97. The van der Waals surface area contributed by atoms with Crippen LogP contribution in [0, 0.1) is 0 Å². The predicted molar refractivity (Wildman–Crippen MR) is 63.7 cm³/mol. The van der Waals surface area contributed by atoms with E-state index in [0.717, 1.165) is 17.9 Å². The van der Waals surface area contributed by atoms with E-state index >= 15 is 0 Å². The van der Waals surface area contributed by atoms with Crippen LogP contribution in [0.2, 0.25) is 5.02 Å². The van der Waals surface area contributed by atoms with Gasteiger partial charge in [-0.25, -0.2) is 0 Å². The summed E-state index contributed by atoms with van der Waals surface area (Å²) in [7, 11) is 0. The maximum absolute atomic E-state index is 6.03. The van der Waals surface area contributed by atoms with Crippen molar-refractivity contribution < 1.29 is 0 Å². The summed E-state index contributed by atoms with van der Waals surface area (Å²) in [5, 5.41) is 2.89. The summed E-state index contributed by atoms with van der Waals surface area (Å²) >= 11 is 7.73. The summed E-state index contributed by atoms with van der Waals surface area (Å²) in [5.41, 5.74) is 7.37. The number of halogens is 1. The Kier molecular flexibility index (Phi) is 3.26. The van der Waals surface area contributed by atoms with Crippen molar-refractivity contribution in [2.45, 2.75) is 31.7 Å². The second-order valence-electron chi connectivity index (χ2n) is 3.79. The zero-order valence-corrected chi connectivity index (χ0v) is 9.57. The van der Waals surface area contributed by atoms with Crippen molar-refractivity contribution >= 4 is 29.0 Å². The molecule has 1 heterocycles. The first-order valence-corrected chi connectivity index (χ1v) is 6.19. The monoisotopic (exact) mass is 227 g/mol. The summed E-state index contributed by atoms with van der Waals surface area (Å²) in [6, 6.07) is 2.30. The molecule has 0 amide bonds. The normalized spacial score (nSPS) is 25.6. The summed E-state index contributed by atoms with van der Waals surface area (Å²) in [6.45, 7) is 0. The largest absolute Gasteiger partial charge is 0.327 e. The van der Waals surface area contributed by atoms with Crippen LogP contribution in [0.4, 0.5) is 0 Å². The molecule has 1 unspecified atom stereocenters. The second-order valence-corrected chi connectivity index (χ2v) is 5.15. The Morgan fingerprint density at radius 2 is 2.43 bits per heavy atom. The van der Waals surface area contributed by atoms with Gasteiger partial charge in [0.05, 0.1) is 5.02 Å². The first-order valence-electron chi connectivity index (χ1n) is 4.94. The molecule has 1 aromatic heterocycles. The SMILES string of the molecule is NC1CCC/C(=C/c2sccc2Cl)C1. The Labute approximate surface area is 93.6 Å². The molecule has 0 aromatic carbocycles. The average molecular weight is 228 g/mol. The van der Waals surface area contributed by atoms with Gasteiger partial charge in [-0.1, -0.05) is 17.2 Å². The van der Waals surface area contributed by atoms with E-state index in [0.29, 0.717) is 6.04 Å². The van der Waals surface area contributed by atoms with Crippen molar-refractivity contribution in [2.75, 3.05) is 0 Å². The summed E-state index contributed by atoms with van der Waals surface area (Å²) < 4.78 is 0. The smallest absolute Gasteiger partial charge is 0.0586 e. The minimum atomic E-state index is 0.355. The van der Waals surface area contributed by atoms with Crippen LogP contribution in [0.1, 0.15) is 30.6 Å². The third-order valence-corrected chi connectivity index (χ3v) is 3.88. The van der Waals surface area contributed by atoms with Gasteiger partial charge in [0.1, 0.15) is 0 Å². The maximum Gasteiger partial charge on any atom is 0.0586 e. The third-order valence-electron chi connectivity index (χ3n) is 2.58. The lowest BCUT2D eigenvalue weighted by Gasteiger charge is -2.20. The average Bonchev–Trinajstić information content (AvgIpc) is 2.52. The van der Waals surface area contributed by atoms with Crippen LogP contribution in [-0.4, -0.2) is 6.04 Å². The number of thiophene rings is 1. The van der Waals surface area contributed by atoms with Gasteiger partial charge in [-0.15, -0.1) is 11.3 Å². The summed E-state index contributed by atoms with van der Waals surface area (Å²) in [6.07, 6.45) is 6.81. The summed E-state index contributed by atoms with van der Waals surface area (Å²) in [5.74, 6) is 0. The van der Waals surface area contributed by atoms with E-state index in [2.05, 4.69) is 6.08 Å². The molecule has 0 aliphatic heterocycles. The van der Waals surface area contributed by atoms with Gasteiger partial charge in [-0.05, 0) is 43.2 Å². The fourth-order valence-electron chi connectivity index (χ4n) is 1.86. The molecule has 3 heteroatoms. The van der Waals surface area contributed by atoms with Crippen LogP contribution < -0.4 is 5.73 Å². The molecule has 1 atom stereocenters. The van der Waals surface area contributed by atoms with Crippen LogP contribution in [0.5, 0.6) is 0 Å². The van der Waals surface area contributed by atoms with Gasteiger partial charge in [0.25, 0.3) is 0 Å². The number of hydrogen-bond acceptors (Lipinski definition) is 2. The van der Waals surface area contributed by atoms with Crippen molar-refractivity contribution in [1.82, 2.24) is 0 Å². The molecule has 2 N–H and O–H groups in total. The fraction of sp³-hybridized carbons (Fsp3) is 0.455. The van der Waals surface area contributed by atoms with Crippen molar-refractivity contribution in [1.29, 1.82) is 0 Å². The van der Waals surface area contributed by atoms with Gasteiger partial charge < -0.3 is 5.73 Å². The predicted octanol–water partition coefficient (Wildman–Crippen LogP) is 3.69. The Hall–Kier alpha value is -0.310. The minimum Gasteiger partial charge on any atom is -0.327 e. The van der Waals surface area contributed by atoms with Gasteiger partial charge in [0, 0.05) is 10.9 Å². The molecule has 1 saturated carbocycles. The highest BCUT2D eigenvalue weighted by molar-refractivity contribution is 7.11. The van der Waals surface area contributed by atoms with Crippen LogP contribution in [0.25, 0.3) is 6.08 Å². The molecular formula is C11H14ClNS. The van der Waals surface area contributed by atoms with E-state index in [1.807, 2.05) is 11.4 Å². The van der Waals surface area contributed by atoms with Gasteiger partial charge >= 0.3 is 0 Å². The van der Waals surface area contributed by atoms with Crippen LogP contribution in [0.15, 0.2) is 17.0 Å². The number of nitrogens with two attached hydrogens (primary N) is 1. The van der Waals surface area contributed by atoms with Crippen molar-refractivity contribution in [2.24, 2.45) is 5.73 Å². The molecule has 1 aliphatic carbocycles. The van der Waals surface area contributed by atoms with E-state index in [9.17, 15) is 0 Å². The van der Waals surface area contributed by atoms with E-state index in [4.69, 9.17) is 17.3 Å². The van der Waals surface area contributed by atoms with E-state index < -0.39 is 0 Å². The molecule has 1 fully saturated rings. The first-order chi connectivity index (χ1) is 6.75. The quantitative estimate of drug-likeness (QED) is 0.778. The maximum atomic E-state index is 6.03. The third kappa shape index (κ3) is 2.38. The Morgan fingerprint density at radius 3 is 3.07 bits per heavy atom. The lowest BCUT2D eigenvalue weighted by atomic mass is 9.91. The molecule has 0 radical (unpaired) electrons. The fourth-order valence-corrected chi connectivity index (χ4v) is 2.95. The number of rotatable bonds is 1. The van der Waals surface area contributed by atoms with Crippen LogP contribution in [0.3, 0.4) is 0 Å².